The molecule has 0 amide bonds. The smallest absolute Gasteiger partial charge is 0.230 e. The Balaban J connectivity index is 1.83. The van der Waals surface area contributed by atoms with Gasteiger partial charge in [0.2, 0.25) is 5.95 Å². The van der Waals surface area contributed by atoms with Crippen LogP contribution in [0.2, 0.25) is 0 Å². The van der Waals surface area contributed by atoms with Gasteiger partial charge in [0.05, 0.1) is 19.0 Å². The summed E-state index contributed by atoms with van der Waals surface area (Å²) in [6.07, 6.45) is 3.20. The Kier molecular flexibility index (Phi) is 4.43. The molecule has 9 nitrogen and oxygen atoms in total. The van der Waals surface area contributed by atoms with E-state index >= 15 is 0 Å². The Labute approximate surface area is 138 Å². The highest BCUT2D eigenvalue weighted by Gasteiger charge is 2.07. The molecule has 2 aromatic heterocycles. The molecule has 0 aliphatic heterocycles. The van der Waals surface area contributed by atoms with Crippen molar-refractivity contribution < 1.29 is 4.74 Å². The average Bonchev–Trinajstić information content (AvgIpc) is 3.01. The van der Waals surface area contributed by atoms with E-state index in [1.807, 2.05) is 24.7 Å². The van der Waals surface area contributed by atoms with Crippen molar-refractivity contribution in [2.75, 3.05) is 23.2 Å². The van der Waals surface area contributed by atoms with Crippen LogP contribution in [0.25, 0.3) is 0 Å². The highest BCUT2D eigenvalue weighted by Crippen LogP contribution is 2.25. The van der Waals surface area contributed by atoms with Gasteiger partial charge in [-0.25, -0.2) is 4.98 Å². The van der Waals surface area contributed by atoms with Crippen LogP contribution < -0.4 is 20.9 Å². The lowest BCUT2D eigenvalue weighted by Gasteiger charge is -2.16. The molecule has 0 aliphatic carbocycles. The molecule has 0 radical (unpaired) electrons. The number of hydrogen-bond acceptors (Lipinski definition) is 8. The molecular weight excluding hydrogens is 310 g/mol. The topological polar surface area (TPSA) is 112 Å². The number of nitrogens with zero attached hydrogens (tertiary/aromatic N) is 4. The predicted octanol–water partition coefficient (Wildman–Crippen LogP) is 2.62. The maximum Gasteiger partial charge on any atom is 0.230 e. The fourth-order valence-corrected chi connectivity index (χ4v) is 2.02. The maximum atomic E-state index is 11.1. The summed E-state index contributed by atoms with van der Waals surface area (Å²) >= 11 is 0. The predicted molar refractivity (Wildman–Crippen MR) is 91.8 cm³/mol. The van der Waals surface area contributed by atoms with Crippen molar-refractivity contribution in [3.05, 3.63) is 47.9 Å². The van der Waals surface area contributed by atoms with Crippen LogP contribution in [-0.4, -0.2) is 26.9 Å². The minimum atomic E-state index is 0.234. The molecule has 3 aromatic rings. The summed E-state index contributed by atoms with van der Waals surface area (Å²) in [4.78, 5) is 8.40. The molecule has 0 unspecified atom stereocenters. The summed E-state index contributed by atoms with van der Waals surface area (Å²) < 4.78 is 6.78. The van der Waals surface area contributed by atoms with E-state index in [1.54, 1.807) is 36.2 Å². The lowest BCUT2D eigenvalue weighted by atomic mass is 10.3. The van der Waals surface area contributed by atoms with Gasteiger partial charge in [-0.1, -0.05) is 0 Å². The molecule has 0 saturated carbocycles. The van der Waals surface area contributed by atoms with Gasteiger partial charge in [-0.15, -0.1) is 0 Å². The van der Waals surface area contributed by atoms with E-state index in [-0.39, 0.29) is 5.69 Å². The molecule has 0 bridgehead atoms. The van der Waals surface area contributed by atoms with E-state index in [0.29, 0.717) is 17.6 Å². The number of benzene rings is 1. The van der Waals surface area contributed by atoms with Crippen LogP contribution in [0.3, 0.4) is 0 Å². The van der Waals surface area contributed by atoms with Crippen LogP contribution in [0.15, 0.2) is 42.7 Å². The first-order valence-electron chi connectivity index (χ1n) is 7.11. The van der Waals surface area contributed by atoms with Gasteiger partial charge < -0.3 is 26.1 Å². The minimum Gasteiger partial charge on any atom is -0.761 e. The van der Waals surface area contributed by atoms with Gasteiger partial charge in [0.15, 0.2) is 11.6 Å². The third-order valence-electron chi connectivity index (χ3n) is 3.20. The number of anilines is 5. The fourth-order valence-electron chi connectivity index (χ4n) is 2.02. The van der Waals surface area contributed by atoms with Crippen molar-refractivity contribution in [2.24, 2.45) is 7.05 Å². The number of ether oxygens (including phenoxy) is 1. The number of methoxy groups -OCH3 is 1. The normalized spacial score (nSPS) is 10.3. The average molecular weight is 326 g/mol. The SMILES string of the molecule is COc1ccc(Nc2nc(Nc3ccn(C)n3)ncc2N[O-])cc1. The van der Waals surface area contributed by atoms with Crippen LogP contribution in [0, 0.1) is 5.21 Å². The second-order valence-electron chi connectivity index (χ2n) is 4.91. The standard InChI is InChI=1S/C15H16N7O2/c1-22-8-7-13(20-22)18-15-16-9-12(21-23)14(19-15)17-10-3-5-11(24-2)6-4-10/h3-9,21H,1-2H3,(H2,16,17,18,19,20)/q-1. The summed E-state index contributed by atoms with van der Waals surface area (Å²) in [7, 11) is 3.41. The molecule has 0 saturated heterocycles. The molecule has 24 heavy (non-hydrogen) atoms. The van der Waals surface area contributed by atoms with Crippen molar-refractivity contribution in [3.63, 3.8) is 0 Å². The van der Waals surface area contributed by atoms with Gasteiger partial charge in [-0.2, -0.15) is 10.1 Å². The quantitative estimate of drug-likeness (QED) is 0.593. The van der Waals surface area contributed by atoms with E-state index in [1.165, 1.54) is 6.20 Å². The lowest BCUT2D eigenvalue weighted by Crippen LogP contribution is -2.04. The fraction of sp³-hybridized carbons (Fsp3) is 0.133. The van der Waals surface area contributed by atoms with Gasteiger partial charge in [0.1, 0.15) is 5.75 Å². The van der Waals surface area contributed by atoms with E-state index in [9.17, 15) is 5.21 Å². The molecule has 0 spiro atoms. The van der Waals surface area contributed by atoms with Crippen LogP contribution in [0.5, 0.6) is 5.75 Å². The van der Waals surface area contributed by atoms with Gasteiger partial charge in [-0.05, 0) is 24.3 Å². The van der Waals surface area contributed by atoms with Crippen molar-refractivity contribution in [3.8, 4) is 5.75 Å². The highest BCUT2D eigenvalue weighted by atomic mass is 16.5. The number of aromatic nitrogens is 4. The van der Waals surface area contributed by atoms with Gasteiger partial charge in [-0.3, -0.25) is 4.68 Å². The molecule has 3 N–H and O–H groups in total. The Bertz CT molecular complexity index is 817. The summed E-state index contributed by atoms with van der Waals surface area (Å²) in [5, 5.41) is 21.3. The minimum absolute atomic E-state index is 0.234. The summed E-state index contributed by atoms with van der Waals surface area (Å²) in [5.41, 5.74) is 2.82. The third kappa shape index (κ3) is 3.52. The van der Waals surface area contributed by atoms with Crippen LogP contribution >= 0.6 is 0 Å². The third-order valence-corrected chi connectivity index (χ3v) is 3.20. The van der Waals surface area contributed by atoms with Crippen LogP contribution in [0.1, 0.15) is 0 Å². The molecule has 9 heteroatoms. The van der Waals surface area contributed by atoms with Gasteiger partial charge in [0.25, 0.3) is 0 Å². The second kappa shape index (κ2) is 6.84. The molecule has 1 aromatic carbocycles. The van der Waals surface area contributed by atoms with E-state index in [2.05, 4.69) is 25.7 Å². The van der Waals surface area contributed by atoms with Crippen LogP contribution in [-0.2, 0) is 7.05 Å². The summed E-state index contributed by atoms with van der Waals surface area (Å²) in [6, 6.07) is 9.05. The van der Waals surface area contributed by atoms with Crippen molar-refractivity contribution >= 4 is 29.0 Å². The second-order valence-corrected chi connectivity index (χ2v) is 4.91. The lowest BCUT2D eigenvalue weighted by molar-refractivity contribution is 0.415. The van der Waals surface area contributed by atoms with E-state index in [0.717, 1.165) is 11.4 Å². The van der Waals surface area contributed by atoms with Crippen molar-refractivity contribution in [1.29, 1.82) is 0 Å². The Hall–Kier alpha value is -3.33. The van der Waals surface area contributed by atoms with Crippen molar-refractivity contribution in [1.82, 2.24) is 19.7 Å². The monoisotopic (exact) mass is 326 g/mol. The first-order chi connectivity index (χ1) is 11.7. The molecule has 0 atom stereocenters. The first-order valence-corrected chi connectivity index (χ1v) is 7.11. The number of nitrogens with one attached hydrogen (secondary N) is 3. The number of hydrogen-bond donors (Lipinski definition) is 3. The van der Waals surface area contributed by atoms with Crippen molar-refractivity contribution in [2.45, 2.75) is 0 Å². The maximum absolute atomic E-state index is 11.1. The zero-order valence-corrected chi connectivity index (χ0v) is 13.1. The molecule has 124 valence electrons. The molecule has 3 rings (SSSR count). The van der Waals surface area contributed by atoms with E-state index < -0.39 is 0 Å². The Morgan fingerprint density at radius 2 is 1.92 bits per heavy atom. The van der Waals surface area contributed by atoms with E-state index in [4.69, 9.17) is 4.74 Å². The summed E-state index contributed by atoms with van der Waals surface area (Å²) in [5.74, 6) is 2.02. The zero-order chi connectivity index (χ0) is 16.9. The van der Waals surface area contributed by atoms with Gasteiger partial charge in [0, 0.05) is 25.0 Å². The zero-order valence-electron chi connectivity index (χ0n) is 13.1. The summed E-state index contributed by atoms with van der Waals surface area (Å²) in [6.45, 7) is 0. The molecule has 0 aliphatic rings. The Morgan fingerprint density at radius 3 is 2.54 bits per heavy atom. The number of aryl methyl sites for hydroxylation is 1. The molecular formula is C15H16N7O2-. The van der Waals surface area contributed by atoms with Gasteiger partial charge >= 0.3 is 0 Å². The first kappa shape index (κ1) is 15.6. The Morgan fingerprint density at radius 1 is 1.12 bits per heavy atom. The number of rotatable bonds is 6. The van der Waals surface area contributed by atoms with Crippen LogP contribution in [0.4, 0.5) is 29.0 Å². The molecule has 0 fully saturated rings. The molecule has 2 heterocycles. The largest absolute Gasteiger partial charge is 0.761 e. The highest BCUT2D eigenvalue weighted by molar-refractivity contribution is 5.72.